The van der Waals surface area contributed by atoms with E-state index < -0.39 is 12.6 Å². The van der Waals surface area contributed by atoms with Crippen molar-refractivity contribution in [2.75, 3.05) is 6.54 Å². The molecule has 16 heavy (non-hydrogen) atoms. The average molecular weight is 233 g/mol. The molecule has 1 rings (SSSR count). The predicted octanol–water partition coefficient (Wildman–Crippen LogP) is 2.22. The van der Waals surface area contributed by atoms with Crippen molar-refractivity contribution in [3.8, 4) is 0 Å². The topological polar surface area (TPSA) is 32.3 Å². The van der Waals surface area contributed by atoms with E-state index in [4.69, 9.17) is 5.11 Å². The van der Waals surface area contributed by atoms with Gasteiger partial charge in [0.05, 0.1) is 13.0 Å². The van der Waals surface area contributed by atoms with Crippen LogP contribution in [0.15, 0.2) is 24.3 Å². The summed E-state index contributed by atoms with van der Waals surface area (Å²) in [6.07, 6.45) is -4.94. The molecule has 2 nitrogen and oxygen atoms in total. The second-order valence-electron chi connectivity index (χ2n) is 3.52. The smallest absolute Gasteiger partial charge is 0.390 e. The molecule has 0 heterocycles. The van der Waals surface area contributed by atoms with Crippen molar-refractivity contribution in [2.24, 2.45) is 0 Å². The molecule has 0 atom stereocenters. The Morgan fingerprint density at radius 3 is 2.50 bits per heavy atom. The normalized spacial score (nSPS) is 11.8. The van der Waals surface area contributed by atoms with Crippen molar-refractivity contribution in [2.45, 2.75) is 25.7 Å². The molecular weight excluding hydrogens is 219 g/mol. The van der Waals surface area contributed by atoms with Gasteiger partial charge in [-0.2, -0.15) is 13.2 Å². The van der Waals surface area contributed by atoms with Crippen LogP contribution in [0.4, 0.5) is 13.2 Å². The Balaban J connectivity index is 2.32. The molecule has 0 unspecified atom stereocenters. The summed E-state index contributed by atoms with van der Waals surface area (Å²) in [7, 11) is 0. The molecule has 0 aliphatic carbocycles. The van der Waals surface area contributed by atoms with Gasteiger partial charge in [-0.3, -0.25) is 0 Å². The second-order valence-corrected chi connectivity index (χ2v) is 3.52. The summed E-state index contributed by atoms with van der Waals surface area (Å²) in [6.45, 7) is 0.229. The minimum atomic E-state index is -4.11. The van der Waals surface area contributed by atoms with E-state index in [1.165, 1.54) is 0 Å². The largest absolute Gasteiger partial charge is 0.392 e. The molecule has 0 bridgehead atoms. The molecule has 0 amide bonds. The predicted molar refractivity (Wildman–Crippen MR) is 54.7 cm³/mol. The van der Waals surface area contributed by atoms with Crippen LogP contribution in [0.2, 0.25) is 0 Å². The van der Waals surface area contributed by atoms with Crippen LogP contribution in [0.25, 0.3) is 0 Å². The highest BCUT2D eigenvalue weighted by Gasteiger charge is 2.25. The zero-order chi connectivity index (χ0) is 12.0. The van der Waals surface area contributed by atoms with E-state index in [0.29, 0.717) is 6.54 Å². The highest BCUT2D eigenvalue weighted by Crippen LogP contribution is 2.18. The van der Waals surface area contributed by atoms with Crippen molar-refractivity contribution < 1.29 is 18.3 Å². The Kier molecular flexibility index (Phi) is 4.76. The lowest BCUT2D eigenvalue weighted by Crippen LogP contribution is -2.21. The lowest BCUT2D eigenvalue weighted by molar-refractivity contribution is -0.133. The van der Waals surface area contributed by atoms with Gasteiger partial charge in [-0.25, -0.2) is 0 Å². The first-order chi connectivity index (χ1) is 7.51. The molecule has 90 valence electrons. The molecule has 0 aliphatic heterocycles. The third kappa shape index (κ3) is 5.14. The van der Waals surface area contributed by atoms with E-state index in [2.05, 4.69) is 5.32 Å². The van der Waals surface area contributed by atoms with Crippen LogP contribution in [0.1, 0.15) is 17.5 Å². The van der Waals surface area contributed by atoms with Crippen LogP contribution in [0, 0.1) is 0 Å². The summed E-state index contributed by atoms with van der Waals surface area (Å²) in [6, 6.07) is 7.10. The Morgan fingerprint density at radius 1 is 1.19 bits per heavy atom. The third-order valence-electron chi connectivity index (χ3n) is 2.09. The molecule has 2 N–H and O–H groups in total. The maximum absolute atomic E-state index is 11.8. The Hall–Kier alpha value is -1.07. The molecule has 0 saturated heterocycles. The molecule has 0 spiro atoms. The fraction of sp³-hybridized carbons (Fsp3) is 0.455. The highest BCUT2D eigenvalue weighted by molar-refractivity contribution is 5.22. The fourth-order valence-electron chi connectivity index (χ4n) is 1.30. The quantitative estimate of drug-likeness (QED) is 0.764. The van der Waals surface area contributed by atoms with Crippen molar-refractivity contribution >= 4 is 0 Å². The maximum Gasteiger partial charge on any atom is 0.390 e. The van der Waals surface area contributed by atoms with Crippen LogP contribution in [-0.2, 0) is 13.2 Å². The zero-order valence-electron chi connectivity index (χ0n) is 8.72. The summed E-state index contributed by atoms with van der Waals surface area (Å²) in [5, 5.41) is 11.6. The fourth-order valence-corrected chi connectivity index (χ4v) is 1.30. The number of hydrogen-bond donors (Lipinski definition) is 2. The van der Waals surface area contributed by atoms with Crippen molar-refractivity contribution in [3.05, 3.63) is 35.4 Å². The highest BCUT2D eigenvalue weighted by atomic mass is 19.4. The summed E-state index contributed by atoms with van der Waals surface area (Å²) in [4.78, 5) is 0. The summed E-state index contributed by atoms with van der Waals surface area (Å²) in [5.74, 6) is 0. The van der Waals surface area contributed by atoms with Crippen molar-refractivity contribution in [3.63, 3.8) is 0 Å². The van der Waals surface area contributed by atoms with Gasteiger partial charge in [0.1, 0.15) is 0 Å². The first-order valence-corrected chi connectivity index (χ1v) is 4.97. The molecular formula is C11H14F3NO. The molecule has 0 fully saturated rings. The summed E-state index contributed by atoms with van der Waals surface area (Å²) >= 11 is 0. The summed E-state index contributed by atoms with van der Waals surface area (Å²) < 4.78 is 35.5. The number of hydrogen-bond acceptors (Lipinski definition) is 2. The lowest BCUT2D eigenvalue weighted by Gasteiger charge is -2.08. The van der Waals surface area contributed by atoms with Gasteiger partial charge in [-0.1, -0.05) is 24.3 Å². The van der Waals surface area contributed by atoms with Crippen LogP contribution >= 0.6 is 0 Å². The SMILES string of the molecule is OCc1cccc(CNCCC(F)(F)F)c1. The molecule has 1 aromatic carbocycles. The number of benzene rings is 1. The van der Waals surface area contributed by atoms with Gasteiger partial charge in [0.15, 0.2) is 0 Å². The van der Waals surface area contributed by atoms with Gasteiger partial charge in [0, 0.05) is 13.1 Å². The summed E-state index contributed by atoms with van der Waals surface area (Å²) in [5.41, 5.74) is 1.63. The van der Waals surface area contributed by atoms with Gasteiger partial charge in [0.25, 0.3) is 0 Å². The number of halogens is 3. The van der Waals surface area contributed by atoms with Gasteiger partial charge in [0.2, 0.25) is 0 Å². The first kappa shape index (κ1) is 13.0. The minimum absolute atomic E-state index is 0.0591. The average Bonchev–Trinajstić information content (AvgIpc) is 2.23. The Morgan fingerprint density at radius 2 is 1.88 bits per heavy atom. The first-order valence-electron chi connectivity index (χ1n) is 4.97. The van der Waals surface area contributed by atoms with Crippen LogP contribution in [0.5, 0.6) is 0 Å². The number of alkyl halides is 3. The van der Waals surface area contributed by atoms with Gasteiger partial charge < -0.3 is 10.4 Å². The molecule has 0 aliphatic rings. The Labute approximate surface area is 92.1 Å². The maximum atomic E-state index is 11.8. The van der Waals surface area contributed by atoms with E-state index in [0.717, 1.165) is 11.1 Å². The molecule has 0 radical (unpaired) electrons. The lowest BCUT2D eigenvalue weighted by atomic mass is 10.1. The molecule has 1 aromatic rings. The number of nitrogens with one attached hydrogen (secondary N) is 1. The number of rotatable bonds is 5. The molecule has 0 aromatic heterocycles. The van der Waals surface area contributed by atoms with Gasteiger partial charge in [-0.15, -0.1) is 0 Å². The monoisotopic (exact) mass is 233 g/mol. The van der Waals surface area contributed by atoms with Crippen molar-refractivity contribution in [1.29, 1.82) is 0 Å². The van der Waals surface area contributed by atoms with Crippen LogP contribution in [-0.4, -0.2) is 17.8 Å². The molecule has 5 heteroatoms. The van der Waals surface area contributed by atoms with Crippen LogP contribution in [0.3, 0.4) is 0 Å². The third-order valence-corrected chi connectivity index (χ3v) is 2.09. The van der Waals surface area contributed by atoms with E-state index in [1.807, 2.05) is 0 Å². The van der Waals surface area contributed by atoms with Gasteiger partial charge >= 0.3 is 6.18 Å². The number of aliphatic hydroxyl groups excluding tert-OH is 1. The van der Waals surface area contributed by atoms with E-state index in [-0.39, 0.29) is 13.2 Å². The Bertz CT molecular complexity index is 325. The van der Waals surface area contributed by atoms with Crippen LogP contribution < -0.4 is 5.32 Å². The zero-order valence-corrected chi connectivity index (χ0v) is 8.72. The van der Waals surface area contributed by atoms with E-state index in [1.54, 1.807) is 24.3 Å². The minimum Gasteiger partial charge on any atom is -0.392 e. The standard InChI is InChI=1S/C11H14F3NO/c12-11(13,14)4-5-15-7-9-2-1-3-10(6-9)8-16/h1-3,6,15-16H,4-5,7-8H2. The second kappa shape index (κ2) is 5.86. The number of aliphatic hydroxyl groups is 1. The molecule has 0 saturated carbocycles. The van der Waals surface area contributed by atoms with Gasteiger partial charge in [-0.05, 0) is 11.1 Å². The van der Waals surface area contributed by atoms with E-state index in [9.17, 15) is 13.2 Å². The van der Waals surface area contributed by atoms with Crippen molar-refractivity contribution in [1.82, 2.24) is 5.32 Å². The van der Waals surface area contributed by atoms with E-state index >= 15 is 0 Å².